The fourth-order valence-electron chi connectivity index (χ4n) is 2.54. The maximum absolute atomic E-state index is 12.5. The van der Waals surface area contributed by atoms with Gasteiger partial charge in [-0.3, -0.25) is 19.6 Å². The lowest BCUT2D eigenvalue weighted by atomic mass is 10.2. The van der Waals surface area contributed by atoms with Crippen LogP contribution in [-0.4, -0.2) is 20.6 Å². The summed E-state index contributed by atoms with van der Waals surface area (Å²) in [6.45, 7) is 3.64. The molecule has 0 unspecified atom stereocenters. The number of nitro benzene ring substituents is 1. The number of ether oxygens (including phenoxy) is 1. The number of benzene rings is 2. The molecule has 2 aromatic carbocycles. The number of para-hydroxylation sites is 1. The maximum atomic E-state index is 12.5. The minimum Gasteiger partial charge on any atom is -0.457 e. The zero-order chi connectivity index (χ0) is 19.6. The third-order valence-corrected chi connectivity index (χ3v) is 4.16. The number of nitrogens with one attached hydrogen (secondary N) is 1. The number of anilines is 1. The van der Waals surface area contributed by atoms with Gasteiger partial charge < -0.3 is 10.1 Å². The van der Waals surface area contributed by atoms with Gasteiger partial charge in [0.25, 0.3) is 11.6 Å². The molecule has 1 N–H and O–H groups in total. The number of carbonyl (C=O) groups excluding carboxylic acids is 1. The van der Waals surface area contributed by atoms with E-state index in [-0.39, 0.29) is 17.1 Å². The summed E-state index contributed by atoms with van der Waals surface area (Å²) in [6, 6.07) is 11.5. The van der Waals surface area contributed by atoms with Crippen molar-refractivity contribution in [1.29, 1.82) is 0 Å². The molecule has 0 fully saturated rings. The second kappa shape index (κ2) is 7.28. The molecule has 8 nitrogen and oxygen atoms in total. The van der Waals surface area contributed by atoms with E-state index in [0.717, 1.165) is 5.56 Å². The highest BCUT2D eigenvalue weighted by molar-refractivity contribution is 6.05. The number of nitrogens with zero attached hydrogens (tertiary/aromatic N) is 3. The molecule has 1 amide bonds. The summed E-state index contributed by atoms with van der Waals surface area (Å²) >= 11 is 0. The maximum Gasteiger partial charge on any atom is 0.275 e. The highest BCUT2D eigenvalue weighted by Gasteiger charge is 2.17. The van der Waals surface area contributed by atoms with Crippen LogP contribution in [0, 0.1) is 24.0 Å². The van der Waals surface area contributed by atoms with Gasteiger partial charge in [-0.1, -0.05) is 18.2 Å². The minimum atomic E-state index is -0.532. The Morgan fingerprint density at radius 3 is 2.59 bits per heavy atom. The van der Waals surface area contributed by atoms with Crippen molar-refractivity contribution in [2.75, 3.05) is 5.32 Å². The van der Waals surface area contributed by atoms with E-state index >= 15 is 0 Å². The van der Waals surface area contributed by atoms with Crippen molar-refractivity contribution >= 4 is 17.3 Å². The fraction of sp³-hybridized carbons (Fsp3) is 0.158. The van der Waals surface area contributed by atoms with Crippen molar-refractivity contribution in [3.63, 3.8) is 0 Å². The largest absolute Gasteiger partial charge is 0.457 e. The molecule has 27 heavy (non-hydrogen) atoms. The topological polar surface area (TPSA) is 99.3 Å². The molecule has 0 bridgehead atoms. The lowest BCUT2D eigenvalue weighted by molar-refractivity contribution is -0.384. The summed E-state index contributed by atoms with van der Waals surface area (Å²) in [5, 5.41) is 18.0. The fourth-order valence-corrected chi connectivity index (χ4v) is 2.54. The van der Waals surface area contributed by atoms with Crippen molar-refractivity contribution in [2.24, 2.45) is 7.05 Å². The number of aryl methyl sites for hydroxylation is 2. The summed E-state index contributed by atoms with van der Waals surface area (Å²) in [4.78, 5) is 23.2. The molecular weight excluding hydrogens is 348 g/mol. The van der Waals surface area contributed by atoms with E-state index < -0.39 is 10.8 Å². The smallest absolute Gasteiger partial charge is 0.275 e. The Balaban J connectivity index is 1.92. The predicted octanol–water partition coefficient (Wildman–Crippen LogP) is 3.99. The van der Waals surface area contributed by atoms with Crippen molar-refractivity contribution in [2.45, 2.75) is 13.8 Å². The first kappa shape index (κ1) is 18.1. The number of non-ortho nitro benzene ring substituents is 1. The number of amides is 1. The Hall–Kier alpha value is -3.68. The number of nitro groups is 1. The van der Waals surface area contributed by atoms with E-state index in [9.17, 15) is 14.9 Å². The average molecular weight is 366 g/mol. The van der Waals surface area contributed by atoms with Crippen LogP contribution in [-0.2, 0) is 7.05 Å². The lowest BCUT2D eigenvalue weighted by Gasteiger charge is -2.11. The van der Waals surface area contributed by atoms with Crippen molar-refractivity contribution in [3.8, 4) is 11.5 Å². The Kier molecular flexibility index (Phi) is 4.89. The molecule has 1 aromatic heterocycles. The molecule has 1 heterocycles. The molecule has 3 rings (SSSR count). The van der Waals surface area contributed by atoms with E-state index in [1.165, 1.54) is 18.3 Å². The van der Waals surface area contributed by atoms with E-state index in [0.29, 0.717) is 17.0 Å². The number of hydrogen-bond donors (Lipinski definition) is 1. The normalized spacial score (nSPS) is 10.5. The van der Waals surface area contributed by atoms with E-state index in [1.807, 2.05) is 25.1 Å². The van der Waals surface area contributed by atoms with Gasteiger partial charge in [0.15, 0.2) is 0 Å². The molecule has 0 radical (unpaired) electrons. The minimum absolute atomic E-state index is 0.181. The summed E-state index contributed by atoms with van der Waals surface area (Å²) in [5.41, 5.74) is 2.06. The summed E-state index contributed by atoms with van der Waals surface area (Å²) in [6.07, 6.45) is 1.45. The van der Waals surface area contributed by atoms with Gasteiger partial charge in [-0.2, -0.15) is 5.10 Å². The van der Waals surface area contributed by atoms with E-state index in [4.69, 9.17) is 4.74 Å². The van der Waals surface area contributed by atoms with Crippen LogP contribution in [0.2, 0.25) is 0 Å². The SMILES string of the molecule is Cc1ccccc1Oc1cc(NC(=O)c2cnn(C)c2C)cc([N+](=O)[O-])c1. The number of aromatic nitrogens is 2. The molecule has 0 spiro atoms. The highest BCUT2D eigenvalue weighted by Crippen LogP contribution is 2.31. The van der Waals surface area contributed by atoms with Crippen LogP contribution in [0.15, 0.2) is 48.7 Å². The zero-order valence-electron chi connectivity index (χ0n) is 15.1. The first-order chi connectivity index (χ1) is 12.8. The monoisotopic (exact) mass is 366 g/mol. The molecular formula is C19H18N4O4. The van der Waals surface area contributed by atoms with Gasteiger partial charge >= 0.3 is 0 Å². The Morgan fingerprint density at radius 1 is 1.22 bits per heavy atom. The van der Waals surface area contributed by atoms with E-state index in [1.54, 1.807) is 30.8 Å². The van der Waals surface area contributed by atoms with Crippen LogP contribution in [0.3, 0.4) is 0 Å². The second-order valence-electron chi connectivity index (χ2n) is 6.06. The van der Waals surface area contributed by atoms with Crippen molar-refractivity contribution < 1.29 is 14.5 Å². The third-order valence-electron chi connectivity index (χ3n) is 4.16. The number of carbonyl (C=O) groups is 1. The van der Waals surface area contributed by atoms with Crippen LogP contribution in [0.25, 0.3) is 0 Å². The van der Waals surface area contributed by atoms with Crippen LogP contribution in [0.4, 0.5) is 11.4 Å². The Labute approximate surface area is 155 Å². The van der Waals surface area contributed by atoms with Gasteiger partial charge in [0.05, 0.1) is 28.4 Å². The van der Waals surface area contributed by atoms with Crippen molar-refractivity contribution in [1.82, 2.24) is 9.78 Å². The van der Waals surface area contributed by atoms with E-state index in [2.05, 4.69) is 10.4 Å². The zero-order valence-corrected chi connectivity index (χ0v) is 15.1. The molecule has 138 valence electrons. The van der Waals surface area contributed by atoms with Gasteiger partial charge in [0.1, 0.15) is 11.5 Å². The van der Waals surface area contributed by atoms with Gasteiger partial charge in [-0.15, -0.1) is 0 Å². The van der Waals surface area contributed by atoms with Crippen LogP contribution in [0.5, 0.6) is 11.5 Å². The number of rotatable bonds is 5. The summed E-state index contributed by atoms with van der Waals surface area (Å²) < 4.78 is 7.36. The van der Waals surface area contributed by atoms with Gasteiger partial charge in [-0.05, 0) is 25.5 Å². The van der Waals surface area contributed by atoms with Crippen LogP contribution in [0.1, 0.15) is 21.6 Å². The second-order valence-corrected chi connectivity index (χ2v) is 6.06. The average Bonchev–Trinajstić information content (AvgIpc) is 2.96. The lowest BCUT2D eigenvalue weighted by Crippen LogP contribution is -2.13. The first-order valence-corrected chi connectivity index (χ1v) is 8.18. The molecule has 8 heteroatoms. The Morgan fingerprint density at radius 2 is 1.96 bits per heavy atom. The molecule has 0 saturated carbocycles. The third kappa shape index (κ3) is 3.95. The molecule has 0 atom stereocenters. The molecule has 0 aliphatic heterocycles. The Bertz CT molecular complexity index is 1030. The van der Waals surface area contributed by atoms with Gasteiger partial charge in [0.2, 0.25) is 0 Å². The molecule has 0 aliphatic rings. The van der Waals surface area contributed by atoms with Crippen molar-refractivity contribution in [3.05, 3.63) is 75.6 Å². The molecule has 3 aromatic rings. The van der Waals surface area contributed by atoms with Gasteiger partial charge in [-0.25, -0.2) is 0 Å². The highest BCUT2D eigenvalue weighted by atomic mass is 16.6. The van der Waals surface area contributed by atoms with Crippen LogP contribution >= 0.6 is 0 Å². The quantitative estimate of drug-likeness (QED) is 0.544. The first-order valence-electron chi connectivity index (χ1n) is 8.18. The van der Waals surface area contributed by atoms with Gasteiger partial charge in [0, 0.05) is 24.9 Å². The summed E-state index contributed by atoms with van der Waals surface area (Å²) in [5.74, 6) is 0.443. The number of hydrogen-bond acceptors (Lipinski definition) is 5. The summed E-state index contributed by atoms with van der Waals surface area (Å²) in [7, 11) is 1.73. The molecule has 0 aliphatic carbocycles. The standard InChI is InChI=1S/C19H18N4O4/c1-12-6-4-5-7-18(12)27-16-9-14(8-15(10-16)23(25)26)21-19(24)17-11-20-22(3)13(17)2/h4-11H,1-3H3,(H,21,24). The van der Waals surface area contributed by atoms with Crippen LogP contribution < -0.4 is 10.1 Å². The predicted molar refractivity (Wildman–Crippen MR) is 100 cm³/mol. The molecule has 0 saturated heterocycles.